The van der Waals surface area contributed by atoms with E-state index in [1.54, 1.807) is 78.5 Å². The summed E-state index contributed by atoms with van der Waals surface area (Å²) in [5.41, 5.74) is 4.29. The first-order chi connectivity index (χ1) is 36.2. The lowest BCUT2D eigenvalue weighted by Crippen LogP contribution is -2.33. The van der Waals surface area contributed by atoms with E-state index in [0.717, 1.165) is 21.9 Å². The number of amides is 6. The van der Waals surface area contributed by atoms with Crippen molar-refractivity contribution in [2.24, 2.45) is 0 Å². The van der Waals surface area contributed by atoms with Crippen LogP contribution in [-0.4, -0.2) is 122 Å². The molecule has 0 bridgehead atoms. The number of carbonyl (C=O) groups is 6. The van der Waals surface area contributed by atoms with Crippen molar-refractivity contribution < 1.29 is 62.1 Å². The van der Waals surface area contributed by atoms with Crippen LogP contribution in [0.2, 0.25) is 0 Å². The van der Waals surface area contributed by atoms with Crippen molar-refractivity contribution in [3.8, 4) is 11.5 Å². The molecule has 2 unspecified atom stereocenters. The Hall–Kier alpha value is -7.31. The Labute approximate surface area is 438 Å². The highest BCUT2D eigenvalue weighted by molar-refractivity contribution is 7.32. The van der Waals surface area contributed by atoms with E-state index in [-0.39, 0.29) is 98.0 Å². The number of fused-ring (bicyclic) bond motifs is 6. The normalized spacial score (nSPS) is 15.6. The van der Waals surface area contributed by atoms with Crippen molar-refractivity contribution in [2.75, 3.05) is 74.8 Å². The zero-order valence-corrected chi connectivity index (χ0v) is 43.2. The molecule has 5 aromatic carbocycles. The van der Waals surface area contributed by atoms with Crippen LogP contribution >= 0.6 is 19.9 Å². The number of methoxy groups -OCH3 is 1. The van der Waals surface area contributed by atoms with Crippen molar-refractivity contribution in [3.05, 3.63) is 125 Å². The summed E-state index contributed by atoms with van der Waals surface area (Å²) in [6.45, 7) is -0.869. The van der Waals surface area contributed by atoms with Gasteiger partial charge in [-0.2, -0.15) is 0 Å². The summed E-state index contributed by atoms with van der Waals surface area (Å²) >= 11 is 6.52. The van der Waals surface area contributed by atoms with Gasteiger partial charge < -0.3 is 34.2 Å². The van der Waals surface area contributed by atoms with E-state index < -0.39 is 14.7 Å². The van der Waals surface area contributed by atoms with Gasteiger partial charge in [0.2, 0.25) is 11.8 Å². The molecule has 0 saturated heterocycles. The molecule has 8 rings (SSSR count). The number of ether oxygens (including phenoxy) is 3. The van der Waals surface area contributed by atoms with Gasteiger partial charge in [0.1, 0.15) is 5.75 Å². The Morgan fingerprint density at radius 3 is 2.19 bits per heavy atom. The number of anilines is 3. The molecular formula is C55H56ClN5O13P+. The second kappa shape index (κ2) is 24.4. The first-order valence-corrected chi connectivity index (χ1v) is 26.0. The molecule has 5 aromatic rings. The molecule has 0 spiro atoms. The Balaban J connectivity index is 1.02. The summed E-state index contributed by atoms with van der Waals surface area (Å²) in [5.74, 6) is -1.49. The molecule has 3 heterocycles. The van der Waals surface area contributed by atoms with Gasteiger partial charge in [-0.25, -0.2) is 4.52 Å². The van der Waals surface area contributed by atoms with Crippen LogP contribution in [0, 0.1) is 0 Å². The third-order valence-electron chi connectivity index (χ3n) is 13.4. The standard InChI is InChI=1S/C55H55ClN5O13P/c1-57(48(62)15-5-4-10-26-60-51(65)22-23-52(60)66)27-25-49(63)58(2)43-29-35(16-18-36(43)19-21-50(64)59-28-24-39-38-11-6-7-12-40(38)47(30-44(39)59)74-75(69)70)17-20-53(67)61-33-37(32-56)54-42-14-9-8-13-41(42)46(31-45(54)61)73-55(68)72-34-71-3/h6-9,11-14,16-23,29-31,37,55,68H,4-5,10,15,24-28,32-34H2,1-3H3/p+1/b20-17+,21-19+/t37-,55?/m1/s1. The van der Waals surface area contributed by atoms with Gasteiger partial charge in [0.25, 0.3) is 23.6 Å². The van der Waals surface area contributed by atoms with Gasteiger partial charge >= 0.3 is 14.7 Å². The van der Waals surface area contributed by atoms with Crippen LogP contribution in [0.15, 0.2) is 103 Å². The van der Waals surface area contributed by atoms with E-state index in [0.29, 0.717) is 71.2 Å². The minimum atomic E-state index is -2.98. The Morgan fingerprint density at radius 2 is 1.48 bits per heavy atom. The van der Waals surface area contributed by atoms with Crippen LogP contribution in [-0.2, 0) is 49.2 Å². The molecule has 0 aromatic heterocycles. The molecule has 0 radical (unpaired) electrons. The third kappa shape index (κ3) is 12.3. The van der Waals surface area contributed by atoms with E-state index in [9.17, 15) is 43.3 Å². The molecular weight excluding hydrogens is 1010 g/mol. The number of benzene rings is 5. The molecule has 2 N–H and O–H groups in total. The molecule has 75 heavy (non-hydrogen) atoms. The lowest BCUT2D eigenvalue weighted by atomic mass is 9.95. The number of alkyl halides is 1. The molecule has 3 atom stereocenters. The molecule has 0 saturated carbocycles. The predicted octanol–water partition coefficient (Wildman–Crippen LogP) is 7.58. The van der Waals surface area contributed by atoms with Crippen LogP contribution in [0.4, 0.5) is 17.1 Å². The number of imide groups is 1. The highest BCUT2D eigenvalue weighted by Crippen LogP contribution is 2.46. The smallest absolute Gasteiger partial charge is 0.441 e. The molecule has 0 fully saturated rings. The molecule has 390 valence electrons. The fourth-order valence-electron chi connectivity index (χ4n) is 9.60. The van der Waals surface area contributed by atoms with Crippen molar-refractivity contribution in [1.29, 1.82) is 0 Å². The number of rotatable bonds is 22. The minimum absolute atomic E-state index is 0.0418. The Bertz CT molecular complexity index is 3140. The Kier molecular flexibility index (Phi) is 17.5. The van der Waals surface area contributed by atoms with Crippen LogP contribution in [0.5, 0.6) is 11.5 Å². The minimum Gasteiger partial charge on any atom is -0.441 e. The van der Waals surface area contributed by atoms with Gasteiger partial charge in [0.15, 0.2) is 12.5 Å². The highest BCUT2D eigenvalue weighted by Gasteiger charge is 2.35. The number of hydrogen-bond donors (Lipinski definition) is 2. The number of carbonyl (C=O) groups excluding carboxylic acids is 6. The van der Waals surface area contributed by atoms with E-state index >= 15 is 0 Å². The van der Waals surface area contributed by atoms with Crippen LogP contribution in [0.3, 0.4) is 0 Å². The van der Waals surface area contributed by atoms with Crippen molar-refractivity contribution in [2.45, 2.75) is 50.9 Å². The van der Waals surface area contributed by atoms with Crippen molar-refractivity contribution in [3.63, 3.8) is 0 Å². The van der Waals surface area contributed by atoms with Gasteiger partial charge in [-0.15, -0.1) is 16.5 Å². The maximum absolute atomic E-state index is 14.2. The Morgan fingerprint density at radius 1 is 0.813 bits per heavy atom. The molecule has 6 amide bonds. The summed E-state index contributed by atoms with van der Waals surface area (Å²) in [5, 5.41) is 13.4. The summed E-state index contributed by atoms with van der Waals surface area (Å²) in [4.78, 5) is 95.9. The van der Waals surface area contributed by atoms with E-state index in [1.165, 1.54) is 46.1 Å². The second-order valence-corrected chi connectivity index (χ2v) is 19.1. The van der Waals surface area contributed by atoms with Gasteiger partial charge in [-0.1, -0.05) is 67.1 Å². The molecule has 3 aliphatic rings. The fraction of sp³-hybridized carbons (Fsp3) is 0.309. The number of halogens is 1. The average molecular weight is 1060 g/mol. The van der Waals surface area contributed by atoms with Crippen LogP contribution in [0.25, 0.3) is 33.7 Å². The summed E-state index contributed by atoms with van der Waals surface area (Å²) in [6, 6.07) is 23.2. The molecule has 3 aliphatic heterocycles. The lowest BCUT2D eigenvalue weighted by Gasteiger charge is -2.23. The first-order valence-electron chi connectivity index (χ1n) is 24.3. The van der Waals surface area contributed by atoms with Gasteiger partial charge in [-0.3, -0.25) is 38.4 Å². The molecule has 20 heteroatoms. The van der Waals surface area contributed by atoms with E-state index in [1.807, 2.05) is 36.4 Å². The molecule has 18 nitrogen and oxygen atoms in total. The number of hydrogen-bond acceptors (Lipinski definition) is 12. The SMILES string of the molecule is COCOC(O)Oc1cc2c(c3ccccc13)[C@H](CCl)CN2C(=O)/C=C/c1ccc(/C=C/C(=O)N2CCc3c2cc(O[P+](=O)O)c2ccccc32)c(N(C)C(=O)CCN(C)C(=O)CCCCCN2C(=O)C=CC2=O)c1. The average Bonchev–Trinajstić information content (AvgIpc) is 4.11. The number of aliphatic hydroxyl groups excluding tert-OH is 1. The number of aliphatic hydroxyl groups is 1. The maximum Gasteiger partial charge on any atom is 0.747 e. The first kappa shape index (κ1) is 54.0. The van der Waals surface area contributed by atoms with Gasteiger partial charge in [0.05, 0.1) is 17.1 Å². The fourth-order valence-corrected chi connectivity index (χ4v) is 10.2. The summed E-state index contributed by atoms with van der Waals surface area (Å²) < 4.78 is 32.9. The van der Waals surface area contributed by atoms with E-state index in [2.05, 4.69) is 0 Å². The molecule has 0 aliphatic carbocycles. The summed E-state index contributed by atoms with van der Waals surface area (Å²) in [7, 11) is 1.64. The van der Waals surface area contributed by atoms with Crippen LogP contribution in [0.1, 0.15) is 60.3 Å². The number of unbranched alkanes of at least 4 members (excludes halogenated alkanes) is 2. The van der Waals surface area contributed by atoms with Gasteiger partial charge in [-0.05, 0) is 70.5 Å². The second-order valence-electron chi connectivity index (χ2n) is 18.1. The zero-order chi connectivity index (χ0) is 53.3. The van der Waals surface area contributed by atoms with Crippen LogP contribution < -0.4 is 24.0 Å². The maximum atomic E-state index is 14.2. The summed E-state index contributed by atoms with van der Waals surface area (Å²) in [6.07, 6.45) is 10.9. The monoisotopic (exact) mass is 1060 g/mol. The quantitative estimate of drug-likeness (QED) is 0.0171. The van der Waals surface area contributed by atoms with Crippen molar-refractivity contribution >= 4 is 106 Å². The third-order valence-corrected chi connectivity index (χ3v) is 14.1. The van der Waals surface area contributed by atoms with Crippen molar-refractivity contribution in [1.82, 2.24) is 9.80 Å². The number of nitrogens with zero attached hydrogens (tertiary/aromatic N) is 5. The largest absolute Gasteiger partial charge is 0.747 e. The highest BCUT2D eigenvalue weighted by atomic mass is 35.5. The van der Waals surface area contributed by atoms with E-state index in [4.69, 9.17) is 30.3 Å². The predicted molar refractivity (Wildman–Crippen MR) is 284 cm³/mol. The van der Waals surface area contributed by atoms with Gasteiger partial charge in [0, 0.05) is 124 Å². The zero-order valence-electron chi connectivity index (χ0n) is 41.6. The topological polar surface area (TPSA) is 213 Å². The lowest BCUT2D eigenvalue weighted by molar-refractivity contribution is -0.250.